The molecule has 3 rings (SSSR count). The number of rotatable bonds is 6. The van der Waals surface area contributed by atoms with Crippen LogP contribution in [0.15, 0.2) is 18.2 Å². The van der Waals surface area contributed by atoms with E-state index in [1.807, 2.05) is 6.07 Å². The zero-order valence-electron chi connectivity index (χ0n) is 13.6. The van der Waals surface area contributed by atoms with Crippen molar-refractivity contribution in [1.82, 2.24) is 10.2 Å². The average molecular weight is 335 g/mol. The Hall–Kier alpha value is -2.19. The van der Waals surface area contributed by atoms with E-state index < -0.39 is 10.9 Å². The molecule has 8 heteroatoms. The highest BCUT2D eigenvalue weighted by Gasteiger charge is 2.35. The fourth-order valence-corrected chi connectivity index (χ4v) is 3.46. The van der Waals surface area contributed by atoms with E-state index in [0.29, 0.717) is 18.4 Å². The molecule has 0 amide bonds. The predicted octanol–water partition coefficient (Wildman–Crippen LogP) is 0.798. The van der Waals surface area contributed by atoms with Gasteiger partial charge in [-0.1, -0.05) is 6.07 Å². The largest absolute Gasteiger partial charge is 0.475 e. The molecule has 0 saturated carbocycles. The minimum Gasteiger partial charge on any atom is -0.475 e. The van der Waals surface area contributed by atoms with E-state index in [4.69, 9.17) is 4.74 Å². The van der Waals surface area contributed by atoms with Gasteiger partial charge in [0.2, 0.25) is 0 Å². The Morgan fingerprint density at radius 1 is 1.38 bits per heavy atom. The molecule has 1 aromatic rings. The third kappa shape index (κ3) is 3.65. The molecule has 0 aliphatic carbocycles. The number of benzene rings is 1. The average Bonchev–Trinajstić information content (AvgIpc) is 3.14. The summed E-state index contributed by atoms with van der Waals surface area (Å²) in [7, 11) is 1.24. The number of hydrogen-bond donors (Lipinski definition) is 1. The monoisotopic (exact) mass is 335 g/mol. The van der Waals surface area contributed by atoms with Crippen molar-refractivity contribution in [3.63, 3.8) is 0 Å². The smallest absolute Gasteiger partial charge is 0.343 e. The van der Waals surface area contributed by atoms with Crippen LogP contribution in [0.5, 0.6) is 5.75 Å². The molecule has 0 unspecified atom stereocenters. The predicted molar refractivity (Wildman–Crippen MR) is 85.7 cm³/mol. The number of fused-ring (bicyclic) bond motifs is 1. The van der Waals surface area contributed by atoms with Crippen LogP contribution in [-0.4, -0.2) is 55.7 Å². The van der Waals surface area contributed by atoms with Crippen LogP contribution in [0.25, 0.3) is 0 Å². The molecular weight excluding hydrogens is 314 g/mol. The topological polar surface area (TPSA) is 93.9 Å². The number of methoxy groups -OCH3 is 1. The maximum Gasteiger partial charge on any atom is 0.343 e. The van der Waals surface area contributed by atoms with Gasteiger partial charge in [0.05, 0.1) is 12.0 Å². The van der Waals surface area contributed by atoms with Gasteiger partial charge in [-0.25, -0.2) is 4.79 Å². The summed E-state index contributed by atoms with van der Waals surface area (Å²) in [6.07, 6.45) is 0. The Balaban J connectivity index is 1.67. The molecule has 2 aliphatic rings. The Labute approximate surface area is 139 Å². The Morgan fingerprint density at radius 2 is 2.08 bits per heavy atom. The molecule has 1 N–H and O–H groups in total. The maximum atomic E-state index is 11.3. The first kappa shape index (κ1) is 16.7. The van der Waals surface area contributed by atoms with Gasteiger partial charge in [-0.05, 0) is 36.6 Å². The number of ether oxygens (including phenoxy) is 2. The van der Waals surface area contributed by atoms with Crippen LogP contribution in [0, 0.1) is 22.0 Å². The van der Waals surface area contributed by atoms with Gasteiger partial charge in [-0.15, -0.1) is 0 Å². The Morgan fingerprint density at radius 3 is 2.71 bits per heavy atom. The van der Waals surface area contributed by atoms with Crippen LogP contribution in [0.4, 0.5) is 5.69 Å². The summed E-state index contributed by atoms with van der Waals surface area (Å²) in [4.78, 5) is 24.3. The van der Waals surface area contributed by atoms with Gasteiger partial charge in [0.1, 0.15) is 0 Å². The van der Waals surface area contributed by atoms with Crippen molar-refractivity contribution in [2.24, 2.45) is 11.8 Å². The Kier molecular flexibility index (Phi) is 4.96. The molecule has 2 heterocycles. The third-order valence-electron chi connectivity index (χ3n) is 4.66. The number of esters is 1. The van der Waals surface area contributed by atoms with Gasteiger partial charge >= 0.3 is 11.7 Å². The van der Waals surface area contributed by atoms with Crippen molar-refractivity contribution in [1.29, 1.82) is 0 Å². The zero-order chi connectivity index (χ0) is 17.1. The van der Waals surface area contributed by atoms with Crippen molar-refractivity contribution in [3.8, 4) is 5.75 Å². The highest BCUT2D eigenvalue weighted by atomic mass is 16.6. The SMILES string of the molecule is COC(=O)COc1ccc(CN2C[C@H]3CNC[C@H]3C2)cc1[N+](=O)[O-]. The summed E-state index contributed by atoms with van der Waals surface area (Å²) >= 11 is 0. The highest BCUT2D eigenvalue weighted by Crippen LogP contribution is 2.31. The lowest BCUT2D eigenvalue weighted by molar-refractivity contribution is -0.385. The molecule has 2 saturated heterocycles. The molecule has 24 heavy (non-hydrogen) atoms. The van der Waals surface area contributed by atoms with Gasteiger partial charge in [0.15, 0.2) is 12.4 Å². The van der Waals surface area contributed by atoms with Crippen LogP contribution in [0.1, 0.15) is 5.56 Å². The van der Waals surface area contributed by atoms with Crippen LogP contribution < -0.4 is 10.1 Å². The summed E-state index contributed by atoms with van der Waals surface area (Å²) in [6, 6.07) is 4.89. The molecule has 0 bridgehead atoms. The number of carbonyl (C=O) groups excluding carboxylic acids is 1. The second kappa shape index (κ2) is 7.14. The lowest BCUT2D eigenvalue weighted by Gasteiger charge is -2.17. The molecule has 0 radical (unpaired) electrons. The van der Waals surface area contributed by atoms with Crippen LogP contribution in [-0.2, 0) is 16.1 Å². The summed E-state index contributed by atoms with van der Waals surface area (Å²) in [5.74, 6) is 0.868. The number of nitrogens with zero attached hydrogens (tertiary/aromatic N) is 2. The lowest BCUT2D eigenvalue weighted by atomic mass is 10.0. The molecule has 2 aliphatic heterocycles. The van der Waals surface area contributed by atoms with Gasteiger partial charge < -0.3 is 14.8 Å². The molecule has 0 spiro atoms. The third-order valence-corrected chi connectivity index (χ3v) is 4.66. The summed E-state index contributed by atoms with van der Waals surface area (Å²) < 4.78 is 9.67. The first-order valence-corrected chi connectivity index (χ1v) is 7.97. The van der Waals surface area contributed by atoms with Gasteiger partial charge in [0.25, 0.3) is 0 Å². The first-order valence-electron chi connectivity index (χ1n) is 7.97. The molecular formula is C16H21N3O5. The van der Waals surface area contributed by atoms with E-state index in [1.54, 1.807) is 6.07 Å². The van der Waals surface area contributed by atoms with Crippen molar-refractivity contribution in [2.45, 2.75) is 6.54 Å². The minimum atomic E-state index is -0.578. The second-order valence-electron chi connectivity index (χ2n) is 6.30. The number of hydrogen-bond acceptors (Lipinski definition) is 7. The van der Waals surface area contributed by atoms with Crippen molar-refractivity contribution >= 4 is 11.7 Å². The highest BCUT2D eigenvalue weighted by molar-refractivity contribution is 5.71. The zero-order valence-corrected chi connectivity index (χ0v) is 13.6. The molecule has 8 nitrogen and oxygen atoms in total. The number of nitro groups is 1. The van der Waals surface area contributed by atoms with Crippen LogP contribution >= 0.6 is 0 Å². The normalized spacial score (nSPS) is 23.0. The lowest BCUT2D eigenvalue weighted by Crippen LogP contribution is -2.25. The van der Waals surface area contributed by atoms with Crippen molar-refractivity contribution in [3.05, 3.63) is 33.9 Å². The maximum absolute atomic E-state index is 11.3. The van der Waals surface area contributed by atoms with Crippen LogP contribution in [0.2, 0.25) is 0 Å². The summed E-state index contributed by atoms with van der Waals surface area (Å²) in [5.41, 5.74) is 0.748. The number of nitro benzene ring substituents is 1. The van der Waals surface area contributed by atoms with Crippen molar-refractivity contribution in [2.75, 3.05) is 39.9 Å². The van der Waals surface area contributed by atoms with Gasteiger partial charge in [-0.3, -0.25) is 15.0 Å². The van der Waals surface area contributed by atoms with E-state index in [2.05, 4.69) is 15.0 Å². The van der Waals surface area contributed by atoms with Crippen molar-refractivity contribution < 1.29 is 19.2 Å². The van der Waals surface area contributed by atoms with Gasteiger partial charge in [0, 0.05) is 25.7 Å². The fourth-order valence-electron chi connectivity index (χ4n) is 3.46. The van der Waals surface area contributed by atoms with E-state index in [1.165, 1.54) is 13.2 Å². The van der Waals surface area contributed by atoms with E-state index in [9.17, 15) is 14.9 Å². The minimum absolute atomic E-state index is 0.0802. The number of nitrogens with one attached hydrogen (secondary N) is 1. The molecule has 2 fully saturated rings. The molecule has 1 aromatic carbocycles. The number of carbonyl (C=O) groups is 1. The molecule has 2 atom stereocenters. The standard InChI is InChI=1S/C16H21N3O5/c1-23-16(20)10-24-15-3-2-11(4-14(15)19(21)22)7-18-8-12-5-17-6-13(12)9-18/h2-4,12-13,17H,5-10H2,1H3/t12-,13+. The second-order valence-corrected chi connectivity index (χ2v) is 6.30. The van der Waals surface area contributed by atoms with E-state index >= 15 is 0 Å². The number of likely N-dealkylation sites (tertiary alicyclic amines) is 1. The quantitative estimate of drug-likeness (QED) is 0.467. The molecule has 130 valence electrons. The summed E-state index contributed by atoms with van der Waals surface area (Å²) in [6.45, 7) is 4.49. The summed E-state index contributed by atoms with van der Waals surface area (Å²) in [5, 5.41) is 14.7. The Bertz CT molecular complexity index is 624. The van der Waals surface area contributed by atoms with E-state index in [-0.39, 0.29) is 18.0 Å². The molecule has 0 aromatic heterocycles. The van der Waals surface area contributed by atoms with E-state index in [0.717, 1.165) is 31.7 Å². The van der Waals surface area contributed by atoms with Crippen LogP contribution in [0.3, 0.4) is 0 Å². The first-order chi connectivity index (χ1) is 11.6. The fraction of sp³-hybridized carbons (Fsp3) is 0.562. The van der Waals surface area contributed by atoms with Gasteiger partial charge in [-0.2, -0.15) is 0 Å².